The van der Waals surface area contributed by atoms with E-state index in [1.807, 2.05) is 0 Å². The maximum atomic E-state index is 3.97. The Morgan fingerprint density at radius 2 is 1.83 bits per heavy atom. The Kier molecular flexibility index (Phi) is 4.98. The van der Waals surface area contributed by atoms with Crippen LogP contribution in [0.5, 0.6) is 0 Å². The molecule has 0 saturated heterocycles. The number of likely N-dealkylation sites (N-methyl/N-ethyl adjacent to an activating group) is 1. The van der Waals surface area contributed by atoms with Crippen LogP contribution in [0.15, 0.2) is 12.3 Å². The van der Waals surface area contributed by atoms with Gasteiger partial charge >= 0.3 is 0 Å². The first-order chi connectivity index (χ1) is 5.43. The smallest absolute Gasteiger partial charge is 0.0356 e. The topological polar surface area (TPSA) is 15.3 Å². The van der Waals surface area contributed by atoms with Gasteiger partial charge in [-0.3, -0.25) is 0 Å². The largest absolute Gasteiger partial charge is 0.385 e. The third-order valence-corrected chi connectivity index (χ3v) is 1.77. The van der Waals surface area contributed by atoms with E-state index in [1.54, 1.807) is 0 Å². The summed E-state index contributed by atoms with van der Waals surface area (Å²) in [6.07, 6.45) is 0. The average Bonchev–Trinajstić information content (AvgIpc) is 1.84. The standard InChI is InChI=1S/C10H22N2/c1-8(2)10(4)11-9(3)7-12(5)6/h8-9,11H,4,7H2,1-3,5-6H3. The van der Waals surface area contributed by atoms with E-state index in [2.05, 4.69) is 51.7 Å². The summed E-state index contributed by atoms with van der Waals surface area (Å²) >= 11 is 0. The van der Waals surface area contributed by atoms with Crippen LogP contribution in [-0.4, -0.2) is 31.6 Å². The zero-order chi connectivity index (χ0) is 9.72. The van der Waals surface area contributed by atoms with Crippen LogP contribution in [0.3, 0.4) is 0 Å². The Balaban J connectivity index is 3.69. The Hall–Kier alpha value is -0.500. The molecule has 0 radical (unpaired) electrons. The Morgan fingerprint density at radius 1 is 1.33 bits per heavy atom. The minimum atomic E-state index is 0.481. The van der Waals surface area contributed by atoms with Gasteiger partial charge in [-0.15, -0.1) is 0 Å². The summed E-state index contributed by atoms with van der Waals surface area (Å²) in [6.45, 7) is 11.5. The van der Waals surface area contributed by atoms with Crippen LogP contribution in [0.1, 0.15) is 20.8 Å². The zero-order valence-electron chi connectivity index (χ0n) is 9.02. The van der Waals surface area contributed by atoms with Crippen LogP contribution < -0.4 is 5.32 Å². The minimum Gasteiger partial charge on any atom is -0.385 e. The minimum absolute atomic E-state index is 0.481. The summed E-state index contributed by atoms with van der Waals surface area (Å²) in [4.78, 5) is 2.17. The molecule has 1 N–H and O–H groups in total. The quantitative estimate of drug-likeness (QED) is 0.675. The van der Waals surface area contributed by atoms with E-state index in [9.17, 15) is 0 Å². The zero-order valence-corrected chi connectivity index (χ0v) is 9.02. The molecule has 0 aliphatic carbocycles. The van der Waals surface area contributed by atoms with Gasteiger partial charge in [-0.1, -0.05) is 20.4 Å². The van der Waals surface area contributed by atoms with E-state index in [4.69, 9.17) is 0 Å². The highest BCUT2D eigenvalue weighted by Crippen LogP contribution is 2.03. The van der Waals surface area contributed by atoms with Gasteiger partial charge in [-0.25, -0.2) is 0 Å². The fourth-order valence-electron chi connectivity index (χ4n) is 1.08. The van der Waals surface area contributed by atoms with Crippen LogP contribution >= 0.6 is 0 Å². The predicted molar refractivity (Wildman–Crippen MR) is 55.1 cm³/mol. The normalized spacial score (nSPS) is 13.6. The molecule has 0 aromatic heterocycles. The van der Waals surface area contributed by atoms with E-state index in [-0.39, 0.29) is 0 Å². The first-order valence-corrected chi connectivity index (χ1v) is 4.53. The van der Waals surface area contributed by atoms with Crippen molar-refractivity contribution >= 4 is 0 Å². The second kappa shape index (κ2) is 5.20. The summed E-state index contributed by atoms with van der Waals surface area (Å²) in [5, 5.41) is 3.37. The monoisotopic (exact) mass is 170 g/mol. The molecule has 0 heterocycles. The van der Waals surface area contributed by atoms with Gasteiger partial charge in [0.2, 0.25) is 0 Å². The lowest BCUT2D eigenvalue weighted by Crippen LogP contribution is -2.36. The molecule has 0 saturated carbocycles. The van der Waals surface area contributed by atoms with Crippen molar-refractivity contribution in [2.45, 2.75) is 26.8 Å². The highest BCUT2D eigenvalue weighted by atomic mass is 15.1. The van der Waals surface area contributed by atoms with Crippen molar-refractivity contribution in [3.8, 4) is 0 Å². The molecule has 0 aliphatic heterocycles. The number of hydrogen-bond acceptors (Lipinski definition) is 2. The summed E-state index contributed by atoms with van der Waals surface area (Å²) in [5.41, 5.74) is 1.13. The van der Waals surface area contributed by atoms with E-state index >= 15 is 0 Å². The molecule has 0 aromatic rings. The van der Waals surface area contributed by atoms with Gasteiger partial charge in [-0.2, -0.15) is 0 Å². The van der Waals surface area contributed by atoms with Gasteiger partial charge in [-0.05, 0) is 26.9 Å². The van der Waals surface area contributed by atoms with Crippen molar-refractivity contribution in [1.82, 2.24) is 10.2 Å². The highest BCUT2D eigenvalue weighted by molar-refractivity contribution is 4.96. The lowest BCUT2D eigenvalue weighted by atomic mass is 10.1. The van der Waals surface area contributed by atoms with E-state index in [1.165, 1.54) is 0 Å². The molecule has 0 spiro atoms. The van der Waals surface area contributed by atoms with Gasteiger partial charge in [0.25, 0.3) is 0 Å². The molecule has 1 atom stereocenters. The number of rotatable bonds is 5. The molecule has 0 amide bonds. The van der Waals surface area contributed by atoms with Crippen LogP contribution in [-0.2, 0) is 0 Å². The summed E-state index contributed by atoms with van der Waals surface area (Å²) < 4.78 is 0. The van der Waals surface area contributed by atoms with Crippen molar-refractivity contribution < 1.29 is 0 Å². The molecule has 0 fully saturated rings. The van der Waals surface area contributed by atoms with Gasteiger partial charge in [0.05, 0.1) is 0 Å². The maximum absolute atomic E-state index is 3.97. The summed E-state index contributed by atoms with van der Waals surface area (Å²) in [5.74, 6) is 0.523. The molecular formula is C10H22N2. The fourth-order valence-corrected chi connectivity index (χ4v) is 1.08. The number of nitrogens with one attached hydrogen (secondary N) is 1. The summed E-state index contributed by atoms with van der Waals surface area (Å²) in [6, 6.07) is 0.481. The lowest BCUT2D eigenvalue weighted by Gasteiger charge is -2.22. The second-order valence-electron chi connectivity index (χ2n) is 3.99. The van der Waals surface area contributed by atoms with Crippen LogP contribution in [0.2, 0.25) is 0 Å². The second-order valence-corrected chi connectivity index (χ2v) is 3.99. The van der Waals surface area contributed by atoms with E-state index < -0.39 is 0 Å². The molecular weight excluding hydrogens is 148 g/mol. The molecule has 72 valence electrons. The van der Waals surface area contributed by atoms with Crippen LogP contribution in [0, 0.1) is 5.92 Å². The van der Waals surface area contributed by atoms with Crippen molar-refractivity contribution in [2.24, 2.45) is 5.92 Å². The number of nitrogens with zero attached hydrogens (tertiary/aromatic N) is 1. The predicted octanol–water partition coefficient (Wildman–Crippen LogP) is 1.70. The first-order valence-electron chi connectivity index (χ1n) is 4.53. The van der Waals surface area contributed by atoms with E-state index in [0.29, 0.717) is 12.0 Å². The van der Waals surface area contributed by atoms with Gasteiger partial charge in [0.1, 0.15) is 0 Å². The fraction of sp³-hybridized carbons (Fsp3) is 0.800. The van der Waals surface area contributed by atoms with Crippen molar-refractivity contribution in [1.29, 1.82) is 0 Å². The lowest BCUT2D eigenvalue weighted by molar-refractivity contribution is 0.357. The molecule has 0 aromatic carbocycles. The third kappa shape index (κ3) is 5.19. The maximum Gasteiger partial charge on any atom is 0.0356 e. The van der Waals surface area contributed by atoms with Crippen LogP contribution in [0.4, 0.5) is 0 Å². The molecule has 0 bridgehead atoms. The summed E-state index contributed by atoms with van der Waals surface area (Å²) in [7, 11) is 4.16. The molecule has 2 nitrogen and oxygen atoms in total. The molecule has 2 heteroatoms. The highest BCUT2D eigenvalue weighted by Gasteiger charge is 2.05. The molecule has 12 heavy (non-hydrogen) atoms. The van der Waals surface area contributed by atoms with E-state index in [0.717, 1.165) is 12.2 Å². The Bertz CT molecular complexity index is 139. The SMILES string of the molecule is C=C(NC(C)CN(C)C)C(C)C. The van der Waals surface area contributed by atoms with Crippen LogP contribution in [0.25, 0.3) is 0 Å². The molecule has 1 unspecified atom stereocenters. The van der Waals surface area contributed by atoms with Gasteiger partial charge in [0, 0.05) is 18.3 Å². The van der Waals surface area contributed by atoms with Crippen molar-refractivity contribution in [2.75, 3.05) is 20.6 Å². The first kappa shape index (κ1) is 11.5. The number of hydrogen-bond donors (Lipinski definition) is 1. The van der Waals surface area contributed by atoms with Crippen molar-refractivity contribution in [3.05, 3.63) is 12.3 Å². The van der Waals surface area contributed by atoms with Gasteiger partial charge < -0.3 is 10.2 Å². The Labute approximate surface area is 76.6 Å². The van der Waals surface area contributed by atoms with Crippen molar-refractivity contribution in [3.63, 3.8) is 0 Å². The Morgan fingerprint density at radius 3 is 2.17 bits per heavy atom. The molecule has 0 aliphatic rings. The third-order valence-electron chi connectivity index (χ3n) is 1.77. The average molecular weight is 170 g/mol. The molecule has 0 rings (SSSR count). The van der Waals surface area contributed by atoms with Gasteiger partial charge in [0.15, 0.2) is 0 Å². The number of allylic oxidation sites excluding steroid dienone is 1.